The van der Waals surface area contributed by atoms with Gasteiger partial charge in [0.2, 0.25) is 0 Å². The molecule has 2 aromatic carbocycles. The Bertz CT molecular complexity index is 1040. The summed E-state index contributed by atoms with van der Waals surface area (Å²) < 4.78 is 0. The molecule has 4 rings (SSSR count). The summed E-state index contributed by atoms with van der Waals surface area (Å²) in [5, 5.41) is 7.14. The van der Waals surface area contributed by atoms with Crippen molar-refractivity contribution in [2.75, 3.05) is 10.6 Å². The lowest BCUT2D eigenvalue weighted by Crippen LogP contribution is -2.19. The zero-order valence-electron chi connectivity index (χ0n) is 16.0. The van der Waals surface area contributed by atoms with Crippen molar-refractivity contribution in [3.63, 3.8) is 0 Å². The third-order valence-corrected chi connectivity index (χ3v) is 6.53. The van der Waals surface area contributed by atoms with Crippen LogP contribution in [0, 0.1) is 5.92 Å². The van der Waals surface area contributed by atoms with Crippen LogP contribution in [0.2, 0.25) is 5.02 Å². The van der Waals surface area contributed by atoms with E-state index in [0.717, 1.165) is 24.8 Å². The molecule has 0 saturated carbocycles. The SMILES string of the molecule is CC1CCc2c(sc(NC(=O)c3ccccc3)c2C(=O)Nc2ccc(Cl)cc2)C1. The van der Waals surface area contributed by atoms with Crippen LogP contribution in [0.25, 0.3) is 0 Å². The van der Waals surface area contributed by atoms with E-state index in [1.165, 1.54) is 16.2 Å². The third-order valence-electron chi connectivity index (χ3n) is 5.10. The average Bonchev–Trinajstić information content (AvgIpc) is 3.07. The van der Waals surface area contributed by atoms with E-state index in [1.807, 2.05) is 18.2 Å². The molecule has 0 spiro atoms. The molecule has 4 nitrogen and oxygen atoms in total. The fourth-order valence-electron chi connectivity index (χ4n) is 3.57. The van der Waals surface area contributed by atoms with E-state index in [4.69, 9.17) is 11.6 Å². The molecule has 0 fully saturated rings. The zero-order chi connectivity index (χ0) is 20.4. The topological polar surface area (TPSA) is 58.2 Å². The van der Waals surface area contributed by atoms with Gasteiger partial charge >= 0.3 is 0 Å². The number of fused-ring (bicyclic) bond motifs is 1. The first-order chi connectivity index (χ1) is 14.0. The molecule has 1 atom stereocenters. The summed E-state index contributed by atoms with van der Waals surface area (Å²) in [6.07, 6.45) is 2.82. The van der Waals surface area contributed by atoms with Crippen molar-refractivity contribution in [3.05, 3.63) is 81.2 Å². The summed E-state index contributed by atoms with van der Waals surface area (Å²) in [5.74, 6) is 0.159. The normalized spacial score (nSPS) is 15.4. The van der Waals surface area contributed by atoms with Gasteiger partial charge in [0.15, 0.2) is 0 Å². The van der Waals surface area contributed by atoms with Crippen LogP contribution in [-0.2, 0) is 12.8 Å². The van der Waals surface area contributed by atoms with E-state index in [-0.39, 0.29) is 11.8 Å². The van der Waals surface area contributed by atoms with Gasteiger partial charge in [-0.2, -0.15) is 0 Å². The zero-order valence-corrected chi connectivity index (χ0v) is 17.6. The Morgan fingerprint density at radius 3 is 2.45 bits per heavy atom. The van der Waals surface area contributed by atoms with Gasteiger partial charge < -0.3 is 10.6 Å². The maximum Gasteiger partial charge on any atom is 0.258 e. The van der Waals surface area contributed by atoms with Crippen molar-refractivity contribution in [2.24, 2.45) is 5.92 Å². The van der Waals surface area contributed by atoms with Gasteiger partial charge in [0, 0.05) is 21.2 Å². The van der Waals surface area contributed by atoms with Crippen LogP contribution in [0.15, 0.2) is 54.6 Å². The Morgan fingerprint density at radius 1 is 1.00 bits per heavy atom. The van der Waals surface area contributed by atoms with Crippen molar-refractivity contribution < 1.29 is 9.59 Å². The Morgan fingerprint density at radius 2 is 1.72 bits per heavy atom. The minimum Gasteiger partial charge on any atom is -0.322 e. The lowest BCUT2D eigenvalue weighted by Gasteiger charge is -2.18. The fourth-order valence-corrected chi connectivity index (χ4v) is 5.10. The smallest absolute Gasteiger partial charge is 0.258 e. The number of amides is 2. The lowest BCUT2D eigenvalue weighted by molar-refractivity contribution is 0.102. The Kier molecular flexibility index (Phi) is 5.69. The van der Waals surface area contributed by atoms with Crippen LogP contribution in [0.5, 0.6) is 0 Å². The molecule has 1 aliphatic carbocycles. The quantitative estimate of drug-likeness (QED) is 0.537. The van der Waals surface area contributed by atoms with E-state index in [1.54, 1.807) is 36.4 Å². The number of benzene rings is 2. The summed E-state index contributed by atoms with van der Waals surface area (Å²) in [6.45, 7) is 2.22. The number of nitrogens with one attached hydrogen (secondary N) is 2. The molecule has 0 aliphatic heterocycles. The number of hydrogen-bond donors (Lipinski definition) is 2. The predicted octanol–water partition coefficient (Wildman–Crippen LogP) is 6.03. The van der Waals surface area contributed by atoms with Crippen LogP contribution in [-0.4, -0.2) is 11.8 Å². The number of carbonyl (C=O) groups excluding carboxylic acids is 2. The van der Waals surface area contributed by atoms with Gasteiger partial charge in [-0.05, 0) is 67.1 Å². The highest BCUT2D eigenvalue weighted by molar-refractivity contribution is 7.17. The number of carbonyl (C=O) groups is 2. The summed E-state index contributed by atoms with van der Waals surface area (Å²) in [4.78, 5) is 27.1. The monoisotopic (exact) mass is 424 g/mol. The molecule has 3 aromatic rings. The molecular weight excluding hydrogens is 404 g/mol. The minimum atomic E-state index is -0.210. The molecule has 148 valence electrons. The highest BCUT2D eigenvalue weighted by Gasteiger charge is 2.28. The standard InChI is InChI=1S/C23H21ClN2O2S/c1-14-7-12-18-19(13-14)29-23(26-21(27)15-5-3-2-4-6-15)20(18)22(28)25-17-10-8-16(24)9-11-17/h2-6,8-11,14H,7,12-13H2,1H3,(H,25,28)(H,26,27). The molecule has 6 heteroatoms. The second kappa shape index (κ2) is 8.39. The van der Waals surface area contributed by atoms with Gasteiger partial charge in [-0.1, -0.05) is 36.7 Å². The maximum absolute atomic E-state index is 13.2. The third kappa shape index (κ3) is 4.36. The molecule has 2 N–H and O–H groups in total. The van der Waals surface area contributed by atoms with Crippen molar-refractivity contribution in [1.82, 2.24) is 0 Å². The molecule has 1 aromatic heterocycles. The van der Waals surface area contributed by atoms with Crippen molar-refractivity contribution in [3.8, 4) is 0 Å². The van der Waals surface area contributed by atoms with Crippen molar-refractivity contribution in [2.45, 2.75) is 26.2 Å². The number of halogens is 1. The predicted molar refractivity (Wildman–Crippen MR) is 119 cm³/mol. The van der Waals surface area contributed by atoms with Gasteiger partial charge in [-0.25, -0.2) is 0 Å². The van der Waals surface area contributed by atoms with Crippen LogP contribution < -0.4 is 10.6 Å². The van der Waals surface area contributed by atoms with Crippen LogP contribution in [0.3, 0.4) is 0 Å². The highest BCUT2D eigenvalue weighted by Crippen LogP contribution is 2.40. The first kappa shape index (κ1) is 19.7. The van der Waals surface area contributed by atoms with Gasteiger partial charge in [-0.15, -0.1) is 11.3 Å². The van der Waals surface area contributed by atoms with E-state index in [9.17, 15) is 9.59 Å². The first-order valence-electron chi connectivity index (χ1n) is 9.59. The second-order valence-corrected chi connectivity index (χ2v) is 8.88. The van der Waals surface area contributed by atoms with Gasteiger partial charge in [-0.3, -0.25) is 9.59 Å². The van der Waals surface area contributed by atoms with E-state index in [0.29, 0.717) is 32.8 Å². The van der Waals surface area contributed by atoms with Crippen LogP contribution in [0.4, 0.5) is 10.7 Å². The number of rotatable bonds is 4. The number of hydrogen-bond acceptors (Lipinski definition) is 3. The summed E-state index contributed by atoms with van der Waals surface area (Å²) in [7, 11) is 0. The molecular formula is C23H21ClN2O2S. The second-order valence-electron chi connectivity index (χ2n) is 7.34. The van der Waals surface area contributed by atoms with E-state index in [2.05, 4.69) is 17.6 Å². The van der Waals surface area contributed by atoms with Crippen LogP contribution >= 0.6 is 22.9 Å². The van der Waals surface area contributed by atoms with E-state index >= 15 is 0 Å². The largest absolute Gasteiger partial charge is 0.322 e. The molecule has 29 heavy (non-hydrogen) atoms. The van der Waals surface area contributed by atoms with Crippen molar-refractivity contribution in [1.29, 1.82) is 0 Å². The molecule has 1 unspecified atom stereocenters. The van der Waals surface area contributed by atoms with Crippen LogP contribution in [0.1, 0.15) is 44.5 Å². The Labute approximate surface area is 178 Å². The molecule has 0 bridgehead atoms. The lowest BCUT2D eigenvalue weighted by atomic mass is 9.88. The van der Waals surface area contributed by atoms with Gasteiger partial charge in [0.05, 0.1) is 5.56 Å². The van der Waals surface area contributed by atoms with Crippen molar-refractivity contribution >= 4 is 45.4 Å². The maximum atomic E-state index is 13.2. The summed E-state index contributed by atoms with van der Waals surface area (Å²) in [6, 6.07) is 16.0. The first-order valence-corrected chi connectivity index (χ1v) is 10.8. The Hall–Kier alpha value is -2.63. The van der Waals surface area contributed by atoms with Gasteiger partial charge in [0.25, 0.3) is 11.8 Å². The summed E-state index contributed by atoms with van der Waals surface area (Å²) >= 11 is 7.45. The summed E-state index contributed by atoms with van der Waals surface area (Å²) in [5.41, 5.74) is 2.87. The average molecular weight is 425 g/mol. The highest BCUT2D eigenvalue weighted by atomic mass is 35.5. The van der Waals surface area contributed by atoms with Gasteiger partial charge in [0.1, 0.15) is 5.00 Å². The molecule has 1 heterocycles. The number of anilines is 2. The number of thiophene rings is 1. The molecule has 0 radical (unpaired) electrons. The minimum absolute atomic E-state index is 0.206. The van der Waals surface area contributed by atoms with E-state index < -0.39 is 0 Å². The molecule has 0 saturated heterocycles. The molecule has 1 aliphatic rings. The molecule has 2 amide bonds. The fraction of sp³-hybridized carbons (Fsp3) is 0.217. The Balaban J connectivity index is 1.66.